The van der Waals surface area contributed by atoms with Crippen LogP contribution in [0.4, 0.5) is 11.4 Å². The molecular weight excluding hydrogens is 324 g/mol. The van der Waals surface area contributed by atoms with Crippen LogP contribution >= 0.6 is 0 Å². The molecule has 2 N–H and O–H groups in total. The van der Waals surface area contributed by atoms with E-state index in [2.05, 4.69) is 5.32 Å². The lowest BCUT2D eigenvalue weighted by molar-refractivity contribution is -0.384. The molecule has 1 aromatic carbocycles. The number of carboxylic acids is 1. The molecule has 130 valence electrons. The number of nitrogens with zero attached hydrogens (tertiary/aromatic N) is 1. The van der Waals surface area contributed by atoms with Crippen molar-refractivity contribution in [1.29, 1.82) is 0 Å². The van der Waals surface area contributed by atoms with Crippen molar-refractivity contribution < 1.29 is 19.6 Å². The fourth-order valence-electron chi connectivity index (χ4n) is 4.76. The predicted octanol–water partition coefficient (Wildman–Crippen LogP) is 2.75. The number of rotatable bonds is 4. The zero-order valence-electron chi connectivity index (χ0n) is 13.6. The van der Waals surface area contributed by atoms with E-state index in [0.717, 1.165) is 12.8 Å². The number of carbonyl (C=O) groups excluding carboxylic acids is 1. The van der Waals surface area contributed by atoms with Gasteiger partial charge in [0.25, 0.3) is 5.69 Å². The summed E-state index contributed by atoms with van der Waals surface area (Å²) < 4.78 is 0. The van der Waals surface area contributed by atoms with E-state index in [1.54, 1.807) is 13.0 Å². The third kappa shape index (κ3) is 2.18. The summed E-state index contributed by atoms with van der Waals surface area (Å²) in [5.74, 6) is -2.81. The minimum atomic E-state index is -0.945. The Morgan fingerprint density at radius 2 is 1.88 bits per heavy atom. The highest BCUT2D eigenvalue weighted by Gasteiger charge is 2.70. The normalized spacial score (nSPS) is 30.4. The van der Waals surface area contributed by atoms with E-state index in [-0.39, 0.29) is 28.8 Å². The molecule has 2 fully saturated rings. The molecule has 0 aliphatic heterocycles. The molecule has 2 bridgehead atoms. The maximum absolute atomic E-state index is 12.9. The third-order valence-electron chi connectivity index (χ3n) is 6.12. The minimum Gasteiger partial charge on any atom is -0.481 e. The van der Waals surface area contributed by atoms with Crippen molar-refractivity contribution in [2.75, 3.05) is 5.32 Å². The van der Waals surface area contributed by atoms with Crippen LogP contribution in [0.2, 0.25) is 0 Å². The van der Waals surface area contributed by atoms with Gasteiger partial charge in [-0.05, 0) is 42.6 Å². The van der Waals surface area contributed by atoms with Crippen molar-refractivity contribution in [3.63, 3.8) is 0 Å². The van der Waals surface area contributed by atoms with Gasteiger partial charge in [0.2, 0.25) is 5.91 Å². The minimum absolute atomic E-state index is 0.0528. The first kappa shape index (κ1) is 15.8. The number of benzene rings is 1. The average Bonchev–Trinajstić information content (AvgIpc) is 3.22. The highest BCUT2D eigenvalue weighted by Crippen LogP contribution is 2.72. The fourth-order valence-corrected chi connectivity index (χ4v) is 4.76. The predicted molar refractivity (Wildman–Crippen MR) is 88.9 cm³/mol. The van der Waals surface area contributed by atoms with Crippen molar-refractivity contribution in [2.24, 2.45) is 29.1 Å². The lowest BCUT2D eigenvalue weighted by Crippen LogP contribution is -2.36. The summed E-state index contributed by atoms with van der Waals surface area (Å²) in [4.78, 5) is 35.1. The SMILES string of the molecule is Cc1ccc([N+](=O)[O-])cc1NC(=O)[C@H]1[C@H](C(=O)O)[C@H]2C=C[C@H]1C21CC1. The number of hydrogen-bond acceptors (Lipinski definition) is 4. The number of aliphatic carboxylic acids is 1. The number of nitro groups is 1. The van der Waals surface area contributed by atoms with Gasteiger partial charge in [0, 0.05) is 12.1 Å². The molecule has 4 atom stereocenters. The Bertz CT molecular complexity index is 827. The number of allylic oxidation sites excluding steroid dienone is 2. The molecule has 0 radical (unpaired) electrons. The van der Waals surface area contributed by atoms with Crippen LogP contribution in [-0.4, -0.2) is 21.9 Å². The van der Waals surface area contributed by atoms with Crippen molar-refractivity contribution >= 4 is 23.3 Å². The van der Waals surface area contributed by atoms with E-state index in [0.29, 0.717) is 11.3 Å². The van der Waals surface area contributed by atoms with Gasteiger partial charge in [0.05, 0.1) is 22.4 Å². The smallest absolute Gasteiger partial charge is 0.307 e. The second kappa shape index (κ2) is 5.15. The Labute approximate surface area is 143 Å². The molecule has 7 heteroatoms. The van der Waals surface area contributed by atoms with E-state index in [1.807, 2.05) is 12.2 Å². The average molecular weight is 342 g/mol. The molecule has 1 amide bonds. The third-order valence-corrected chi connectivity index (χ3v) is 6.12. The summed E-state index contributed by atoms with van der Waals surface area (Å²) in [6.45, 7) is 1.75. The number of amides is 1. The summed E-state index contributed by atoms with van der Waals surface area (Å²) in [7, 11) is 0. The molecule has 0 aromatic heterocycles. The summed E-state index contributed by atoms with van der Waals surface area (Å²) >= 11 is 0. The van der Waals surface area contributed by atoms with Gasteiger partial charge in [-0.2, -0.15) is 0 Å². The molecule has 25 heavy (non-hydrogen) atoms. The van der Waals surface area contributed by atoms with Crippen molar-refractivity contribution in [2.45, 2.75) is 19.8 Å². The highest BCUT2D eigenvalue weighted by molar-refractivity contribution is 5.97. The lowest BCUT2D eigenvalue weighted by atomic mass is 9.82. The van der Waals surface area contributed by atoms with Crippen molar-refractivity contribution in [1.82, 2.24) is 0 Å². The molecule has 3 aliphatic rings. The van der Waals surface area contributed by atoms with Crippen LogP contribution in [-0.2, 0) is 9.59 Å². The monoisotopic (exact) mass is 342 g/mol. The number of anilines is 1. The maximum atomic E-state index is 12.9. The standard InChI is InChI=1S/C18H18N2O5/c1-9-2-3-10(20(24)25)8-13(9)19-16(21)14-11-4-5-12(15(14)17(22)23)18(11)6-7-18/h2-5,8,11-12,14-15H,6-7H2,1H3,(H,19,21)(H,22,23)/t11-,12-,14-,15-/m1/s1. The quantitative estimate of drug-likeness (QED) is 0.497. The van der Waals surface area contributed by atoms with E-state index >= 15 is 0 Å². The second-order valence-electron chi connectivity index (χ2n) is 7.31. The van der Waals surface area contributed by atoms with Crippen molar-refractivity contribution in [3.8, 4) is 0 Å². The molecule has 4 rings (SSSR count). The zero-order chi connectivity index (χ0) is 17.9. The van der Waals surface area contributed by atoms with E-state index in [4.69, 9.17) is 0 Å². The van der Waals surface area contributed by atoms with Crippen LogP contribution < -0.4 is 5.32 Å². The summed E-state index contributed by atoms with van der Waals surface area (Å²) in [6.07, 6.45) is 5.86. The molecule has 0 saturated heterocycles. The molecule has 1 aromatic rings. The number of hydrogen-bond donors (Lipinski definition) is 2. The number of carbonyl (C=O) groups is 2. The van der Waals surface area contributed by atoms with E-state index in [1.165, 1.54) is 12.1 Å². The number of aryl methyl sites for hydroxylation is 1. The lowest BCUT2D eigenvalue weighted by Gasteiger charge is -2.24. The molecule has 7 nitrogen and oxygen atoms in total. The van der Waals surface area contributed by atoms with Gasteiger partial charge in [-0.15, -0.1) is 0 Å². The van der Waals surface area contributed by atoms with Crippen LogP contribution in [0, 0.1) is 46.1 Å². The first-order valence-corrected chi connectivity index (χ1v) is 8.32. The first-order chi connectivity index (χ1) is 11.8. The van der Waals surface area contributed by atoms with Gasteiger partial charge in [0.15, 0.2) is 0 Å². The van der Waals surface area contributed by atoms with Gasteiger partial charge < -0.3 is 10.4 Å². The first-order valence-electron chi connectivity index (χ1n) is 8.32. The maximum Gasteiger partial charge on any atom is 0.307 e. The van der Waals surface area contributed by atoms with Gasteiger partial charge in [-0.25, -0.2) is 0 Å². The molecule has 2 saturated carbocycles. The van der Waals surface area contributed by atoms with Crippen molar-refractivity contribution in [3.05, 3.63) is 46.0 Å². The van der Waals surface area contributed by atoms with Crippen LogP contribution in [0.25, 0.3) is 0 Å². The molecular formula is C18H18N2O5. The van der Waals surface area contributed by atoms with Crippen LogP contribution in [0.3, 0.4) is 0 Å². The van der Waals surface area contributed by atoms with Gasteiger partial charge in [-0.1, -0.05) is 18.2 Å². The topological polar surface area (TPSA) is 110 Å². The molecule has 3 aliphatic carbocycles. The largest absolute Gasteiger partial charge is 0.481 e. The summed E-state index contributed by atoms with van der Waals surface area (Å²) in [5.41, 5.74) is 0.899. The van der Waals surface area contributed by atoms with Crippen LogP contribution in [0.15, 0.2) is 30.4 Å². The van der Waals surface area contributed by atoms with E-state index in [9.17, 15) is 24.8 Å². The Morgan fingerprint density at radius 3 is 2.44 bits per heavy atom. The van der Waals surface area contributed by atoms with Crippen LogP contribution in [0.5, 0.6) is 0 Å². The van der Waals surface area contributed by atoms with Gasteiger partial charge in [0.1, 0.15) is 0 Å². The fraction of sp³-hybridized carbons (Fsp3) is 0.444. The second-order valence-corrected chi connectivity index (χ2v) is 7.31. The number of carboxylic acid groups (broad SMARTS) is 1. The number of nitro benzene ring substituents is 1. The van der Waals surface area contributed by atoms with Gasteiger partial charge in [-0.3, -0.25) is 19.7 Å². The zero-order valence-corrected chi connectivity index (χ0v) is 13.6. The number of nitrogens with one attached hydrogen (secondary N) is 1. The molecule has 0 unspecified atom stereocenters. The summed E-state index contributed by atoms with van der Waals surface area (Å²) in [6, 6.07) is 4.27. The van der Waals surface area contributed by atoms with E-state index < -0.39 is 22.7 Å². The molecule has 1 spiro atoms. The number of non-ortho nitro benzene ring substituents is 1. The Hall–Kier alpha value is -2.70. The Balaban J connectivity index is 1.63. The summed E-state index contributed by atoms with van der Waals surface area (Å²) in [5, 5.41) is 23.3. The Morgan fingerprint density at radius 1 is 1.24 bits per heavy atom. The molecule has 0 heterocycles. The van der Waals surface area contributed by atoms with Crippen LogP contribution in [0.1, 0.15) is 18.4 Å². The van der Waals surface area contributed by atoms with Gasteiger partial charge >= 0.3 is 5.97 Å². The highest BCUT2D eigenvalue weighted by atomic mass is 16.6. The Kier molecular flexibility index (Phi) is 3.25.